The number of hydrogen-bond acceptors (Lipinski definition) is 1. The molecule has 0 saturated carbocycles. The molecule has 1 heterocycles. The van der Waals surface area contributed by atoms with Crippen LogP contribution in [0, 0.1) is 0 Å². The molecular weight excluding hydrogens is 120 g/mol. The first-order valence-corrected chi connectivity index (χ1v) is 3.38. The van der Waals surface area contributed by atoms with Crippen LogP contribution < -0.4 is 0 Å². The Balaban J connectivity index is 2.77. The van der Waals surface area contributed by atoms with Gasteiger partial charge in [0.05, 0.1) is 0 Å². The van der Waals surface area contributed by atoms with Gasteiger partial charge in [-0.1, -0.05) is 6.07 Å². The van der Waals surface area contributed by atoms with Gasteiger partial charge in [-0.3, -0.25) is 0 Å². The third-order valence-corrected chi connectivity index (χ3v) is 1.98. The standard InChI is InChI=1S/C6H7OS/c1-5(7)6-3-2-4-8-6/h2-5H,1H3. The SMILES string of the molecule is CC([O])c1cccs1. The summed E-state index contributed by atoms with van der Waals surface area (Å²) < 4.78 is 0. The molecule has 0 saturated heterocycles. The molecule has 1 nitrogen and oxygen atoms in total. The van der Waals surface area contributed by atoms with Gasteiger partial charge in [-0.15, -0.1) is 11.3 Å². The third-order valence-electron chi connectivity index (χ3n) is 0.944. The minimum absolute atomic E-state index is 0.546. The molecule has 0 spiro atoms. The fraction of sp³-hybridized carbons (Fsp3) is 0.333. The third kappa shape index (κ3) is 1.08. The Morgan fingerprint density at radius 2 is 2.50 bits per heavy atom. The fourth-order valence-electron chi connectivity index (χ4n) is 0.523. The van der Waals surface area contributed by atoms with Crippen molar-refractivity contribution in [1.29, 1.82) is 0 Å². The largest absolute Gasteiger partial charge is 0.227 e. The molecule has 1 radical (unpaired) electrons. The van der Waals surface area contributed by atoms with Crippen LogP contribution in [0.2, 0.25) is 0 Å². The van der Waals surface area contributed by atoms with Gasteiger partial charge in [0, 0.05) is 4.88 Å². The second-order valence-corrected chi connectivity index (χ2v) is 2.64. The van der Waals surface area contributed by atoms with Crippen LogP contribution in [0.5, 0.6) is 0 Å². The molecule has 0 aliphatic carbocycles. The zero-order valence-electron chi connectivity index (χ0n) is 4.63. The first-order chi connectivity index (χ1) is 3.80. The molecule has 0 aromatic carbocycles. The van der Waals surface area contributed by atoms with E-state index in [0.29, 0.717) is 0 Å². The van der Waals surface area contributed by atoms with Crippen molar-refractivity contribution in [2.45, 2.75) is 13.0 Å². The molecule has 1 unspecified atom stereocenters. The van der Waals surface area contributed by atoms with E-state index in [1.165, 1.54) is 11.3 Å². The minimum Gasteiger partial charge on any atom is -0.227 e. The molecule has 1 rings (SSSR count). The van der Waals surface area contributed by atoms with Gasteiger partial charge in [0.1, 0.15) is 6.10 Å². The molecule has 1 aromatic rings. The Kier molecular flexibility index (Phi) is 1.65. The second-order valence-electron chi connectivity index (χ2n) is 1.66. The van der Waals surface area contributed by atoms with E-state index >= 15 is 0 Å². The summed E-state index contributed by atoms with van der Waals surface area (Å²) in [7, 11) is 0. The average molecular weight is 127 g/mol. The molecule has 1 aromatic heterocycles. The highest BCUT2D eigenvalue weighted by Gasteiger charge is 1.99. The van der Waals surface area contributed by atoms with E-state index in [2.05, 4.69) is 0 Å². The van der Waals surface area contributed by atoms with E-state index in [9.17, 15) is 5.11 Å². The van der Waals surface area contributed by atoms with E-state index in [4.69, 9.17) is 0 Å². The highest BCUT2D eigenvalue weighted by molar-refractivity contribution is 7.10. The average Bonchev–Trinajstić information content (AvgIpc) is 2.12. The summed E-state index contributed by atoms with van der Waals surface area (Å²) in [4.78, 5) is 0.921. The molecule has 0 amide bonds. The number of rotatable bonds is 1. The van der Waals surface area contributed by atoms with Gasteiger partial charge in [0.15, 0.2) is 0 Å². The number of hydrogen-bond donors (Lipinski definition) is 0. The lowest BCUT2D eigenvalue weighted by molar-refractivity contribution is 0.109. The maximum Gasteiger partial charge on any atom is 0.124 e. The van der Waals surface area contributed by atoms with Gasteiger partial charge in [0.25, 0.3) is 0 Å². The van der Waals surface area contributed by atoms with Gasteiger partial charge in [-0.25, -0.2) is 5.11 Å². The van der Waals surface area contributed by atoms with E-state index in [1.54, 1.807) is 6.92 Å². The zero-order valence-corrected chi connectivity index (χ0v) is 5.44. The first kappa shape index (κ1) is 5.79. The molecule has 0 bridgehead atoms. The van der Waals surface area contributed by atoms with Crippen molar-refractivity contribution < 1.29 is 5.11 Å². The smallest absolute Gasteiger partial charge is 0.124 e. The highest BCUT2D eigenvalue weighted by Crippen LogP contribution is 2.17. The summed E-state index contributed by atoms with van der Waals surface area (Å²) in [6, 6.07) is 3.76. The molecule has 0 aliphatic rings. The summed E-state index contributed by atoms with van der Waals surface area (Å²) in [5.41, 5.74) is 0. The molecular formula is C6H7OS. The van der Waals surface area contributed by atoms with Crippen molar-refractivity contribution in [3.63, 3.8) is 0 Å². The Hall–Kier alpha value is -0.340. The molecule has 8 heavy (non-hydrogen) atoms. The molecule has 2 heteroatoms. The van der Waals surface area contributed by atoms with Gasteiger partial charge in [-0.2, -0.15) is 0 Å². The summed E-state index contributed by atoms with van der Waals surface area (Å²) in [5, 5.41) is 12.5. The minimum atomic E-state index is -0.546. The predicted molar refractivity (Wildman–Crippen MR) is 33.4 cm³/mol. The van der Waals surface area contributed by atoms with Gasteiger partial charge in [0.2, 0.25) is 0 Å². The molecule has 1 atom stereocenters. The van der Waals surface area contributed by atoms with Gasteiger partial charge in [-0.05, 0) is 18.4 Å². The fourth-order valence-corrected chi connectivity index (χ4v) is 1.19. The Morgan fingerprint density at radius 3 is 2.75 bits per heavy atom. The van der Waals surface area contributed by atoms with Crippen molar-refractivity contribution in [3.05, 3.63) is 22.4 Å². The number of thiophene rings is 1. The van der Waals surface area contributed by atoms with Crippen LogP contribution in [0.1, 0.15) is 17.9 Å². The molecule has 0 aliphatic heterocycles. The summed E-state index contributed by atoms with van der Waals surface area (Å²) in [5.74, 6) is 0. The monoisotopic (exact) mass is 127 g/mol. The van der Waals surface area contributed by atoms with E-state index in [-0.39, 0.29) is 0 Å². The zero-order chi connectivity index (χ0) is 5.98. The van der Waals surface area contributed by atoms with Gasteiger partial charge < -0.3 is 0 Å². The predicted octanol–water partition coefficient (Wildman–Crippen LogP) is 2.24. The van der Waals surface area contributed by atoms with Crippen LogP contribution in [0.3, 0.4) is 0 Å². The van der Waals surface area contributed by atoms with Crippen LogP contribution in [0.4, 0.5) is 0 Å². The summed E-state index contributed by atoms with van der Waals surface area (Å²) in [6.45, 7) is 1.66. The van der Waals surface area contributed by atoms with Crippen LogP contribution in [-0.2, 0) is 5.11 Å². The Bertz CT molecular complexity index is 144. The Morgan fingerprint density at radius 1 is 1.75 bits per heavy atom. The Labute approximate surface area is 52.6 Å². The first-order valence-electron chi connectivity index (χ1n) is 2.50. The van der Waals surface area contributed by atoms with Crippen LogP contribution in [-0.4, -0.2) is 0 Å². The van der Waals surface area contributed by atoms with Crippen LogP contribution >= 0.6 is 11.3 Å². The van der Waals surface area contributed by atoms with Crippen molar-refractivity contribution in [1.82, 2.24) is 0 Å². The van der Waals surface area contributed by atoms with E-state index < -0.39 is 6.10 Å². The normalized spacial score (nSPS) is 13.8. The maximum atomic E-state index is 10.6. The van der Waals surface area contributed by atoms with Crippen molar-refractivity contribution >= 4 is 11.3 Å². The lowest BCUT2D eigenvalue weighted by Gasteiger charge is -1.91. The lowest BCUT2D eigenvalue weighted by atomic mass is 10.3. The maximum absolute atomic E-state index is 10.6. The van der Waals surface area contributed by atoms with Crippen molar-refractivity contribution in [2.24, 2.45) is 0 Å². The topological polar surface area (TPSA) is 19.9 Å². The summed E-state index contributed by atoms with van der Waals surface area (Å²) >= 11 is 1.52. The lowest BCUT2D eigenvalue weighted by Crippen LogP contribution is -1.80. The van der Waals surface area contributed by atoms with Crippen LogP contribution in [0.15, 0.2) is 17.5 Å². The van der Waals surface area contributed by atoms with Crippen LogP contribution in [0.25, 0.3) is 0 Å². The highest BCUT2D eigenvalue weighted by atomic mass is 32.1. The van der Waals surface area contributed by atoms with E-state index in [0.717, 1.165) is 4.88 Å². The van der Waals surface area contributed by atoms with Crippen molar-refractivity contribution in [2.75, 3.05) is 0 Å². The van der Waals surface area contributed by atoms with Gasteiger partial charge >= 0.3 is 0 Å². The second kappa shape index (κ2) is 2.29. The molecule has 43 valence electrons. The molecule has 0 fully saturated rings. The molecule has 0 N–H and O–H groups in total. The quantitative estimate of drug-likeness (QED) is 0.551. The van der Waals surface area contributed by atoms with E-state index in [1.807, 2.05) is 17.5 Å². The van der Waals surface area contributed by atoms with Crippen molar-refractivity contribution in [3.8, 4) is 0 Å². The summed E-state index contributed by atoms with van der Waals surface area (Å²) in [6.07, 6.45) is -0.546.